The van der Waals surface area contributed by atoms with Crippen LogP contribution >= 0.6 is 0 Å². The molecule has 1 heterocycles. The fourth-order valence-corrected chi connectivity index (χ4v) is 2.51. The molecule has 0 aliphatic carbocycles. The van der Waals surface area contributed by atoms with Crippen molar-refractivity contribution in [1.82, 2.24) is 0 Å². The molecule has 2 aromatic carbocycles. The molecule has 1 aliphatic heterocycles. The smallest absolute Gasteiger partial charge is 0.262 e. The Balaban J connectivity index is 1.94. The van der Waals surface area contributed by atoms with E-state index in [1.807, 2.05) is 36.4 Å². The van der Waals surface area contributed by atoms with E-state index in [9.17, 15) is 9.59 Å². The van der Waals surface area contributed by atoms with Crippen molar-refractivity contribution in [3.05, 3.63) is 71.8 Å². The highest BCUT2D eigenvalue weighted by Gasteiger charge is 2.51. The highest BCUT2D eigenvalue weighted by atomic mass is 16.7. The first-order valence-electron chi connectivity index (χ1n) is 7.05. The van der Waals surface area contributed by atoms with Crippen LogP contribution in [-0.4, -0.2) is 22.9 Å². The molecule has 0 saturated carbocycles. The summed E-state index contributed by atoms with van der Waals surface area (Å²) in [7, 11) is 0. The minimum atomic E-state index is -1.55. The molecule has 0 amide bonds. The van der Waals surface area contributed by atoms with Crippen LogP contribution in [-0.2, 0) is 9.63 Å². The molecule has 0 bridgehead atoms. The minimum Gasteiger partial charge on any atom is -0.372 e. The number of nitrogens with zero attached hydrogens (tertiary/aromatic N) is 1. The van der Waals surface area contributed by atoms with Gasteiger partial charge in [-0.2, -0.15) is 0 Å². The summed E-state index contributed by atoms with van der Waals surface area (Å²) in [6, 6.07) is 18.1. The van der Waals surface area contributed by atoms with Crippen molar-refractivity contribution in [1.29, 1.82) is 0 Å². The van der Waals surface area contributed by atoms with E-state index in [1.54, 1.807) is 24.3 Å². The van der Waals surface area contributed by atoms with Gasteiger partial charge in [-0.25, -0.2) is 0 Å². The quantitative estimate of drug-likeness (QED) is 0.643. The lowest BCUT2D eigenvalue weighted by Gasteiger charge is -2.21. The average molecular weight is 293 g/mol. The molecule has 2 aromatic rings. The number of benzene rings is 2. The second-order valence-electron chi connectivity index (χ2n) is 5.25. The van der Waals surface area contributed by atoms with Crippen molar-refractivity contribution in [2.45, 2.75) is 18.9 Å². The third-order valence-electron chi connectivity index (χ3n) is 3.81. The molecule has 1 atom stereocenters. The Labute approximate surface area is 128 Å². The van der Waals surface area contributed by atoms with E-state index in [-0.39, 0.29) is 18.0 Å². The molecule has 0 radical (unpaired) electrons. The lowest BCUT2D eigenvalue weighted by atomic mass is 9.84. The zero-order chi connectivity index (χ0) is 15.6. The normalized spacial score (nSPS) is 20.1. The van der Waals surface area contributed by atoms with Gasteiger partial charge in [0.05, 0.1) is 12.1 Å². The van der Waals surface area contributed by atoms with Crippen LogP contribution in [0.1, 0.15) is 29.3 Å². The van der Waals surface area contributed by atoms with Crippen LogP contribution in [0.2, 0.25) is 0 Å². The first kappa shape index (κ1) is 14.2. The molecular formula is C18H15NO3. The van der Waals surface area contributed by atoms with Crippen LogP contribution < -0.4 is 0 Å². The van der Waals surface area contributed by atoms with Crippen LogP contribution in [0.4, 0.5) is 0 Å². The van der Waals surface area contributed by atoms with E-state index in [4.69, 9.17) is 4.84 Å². The van der Waals surface area contributed by atoms with Crippen LogP contribution in [0.15, 0.2) is 65.8 Å². The minimum absolute atomic E-state index is 0.153. The standard InChI is InChI=1S/C18H15NO3/c1-13(20)18(17(21)15-10-6-3-7-11-15)12-16(19-22-18)14-8-4-2-5-9-14/h2-11H,12H2,1H3. The van der Waals surface area contributed by atoms with Gasteiger partial charge in [0.2, 0.25) is 5.78 Å². The van der Waals surface area contributed by atoms with Gasteiger partial charge in [-0.3, -0.25) is 9.59 Å². The highest BCUT2D eigenvalue weighted by Crippen LogP contribution is 2.31. The number of rotatable bonds is 4. The van der Waals surface area contributed by atoms with Gasteiger partial charge in [-0.1, -0.05) is 65.8 Å². The first-order chi connectivity index (χ1) is 10.6. The van der Waals surface area contributed by atoms with Gasteiger partial charge in [0.25, 0.3) is 5.60 Å². The zero-order valence-corrected chi connectivity index (χ0v) is 12.2. The van der Waals surface area contributed by atoms with Crippen LogP contribution in [0.25, 0.3) is 0 Å². The molecule has 1 unspecified atom stereocenters. The average Bonchev–Trinajstić information content (AvgIpc) is 3.02. The van der Waals surface area contributed by atoms with Gasteiger partial charge in [0.15, 0.2) is 5.78 Å². The molecule has 4 heteroatoms. The molecule has 0 N–H and O–H groups in total. The fourth-order valence-electron chi connectivity index (χ4n) is 2.51. The maximum absolute atomic E-state index is 12.8. The Bertz CT molecular complexity index is 737. The number of carbonyl (C=O) groups is 2. The summed E-state index contributed by atoms with van der Waals surface area (Å²) in [5.41, 5.74) is 0.362. The van der Waals surface area contributed by atoms with E-state index in [2.05, 4.69) is 5.16 Å². The summed E-state index contributed by atoms with van der Waals surface area (Å²) in [6.07, 6.45) is 0.153. The first-order valence-corrected chi connectivity index (χ1v) is 7.05. The number of ketones is 2. The van der Waals surface area contributed by atoms with Crippen molar-refractivity contribution >= 4 is 17.3 Å². The van der Waals surface area contributed by atoms with Crippen LogP contribution in [0.5, 0.6) is 0 Å². The summed E-state index contributed by atoms with van der Waals surface area (Å²) in [5.74, 6) is -0.689. The SMILES string of the molecule is CC(=O)C1(C(=O)c2ccccc2)CC(c2ccccc2)=NO1. The van der Waals surface area contributed by atoms with Gasteiger partial charge in [0.1, 0.15) is 0 Å². The molecule has 0 spiro atoms. The van der Waals surface area contributed by atoms with Crippen LogP contribution in [0, 0.1) is 0 Å². The zero-order valence-electron chi connectivity index (χ0n) is 12.2. The maximum atomic E-state index is 12.8. The Hall–Kier alpha value is -2.75. The van der Waals surface area contributed by atoms with Gasteiger partial charge < -0.3 is 4.84 Å². The molecule has 0 aromatic heterocycles. The van der Waals surface area contributed by atoms with Gasteiger partial charge in [-0.05, 0) is 12.5 Å². The Morgan fingerprint density at radius 1 is 1.00 bits per heavy atom. The van der Waals surface area contributed by atoms with E-state index in [0.717, 1.165) is 5.56 Å². The summed E-state index contributed by atoms with van der Waals surface area (Å²) >= 11 is 0. The Morgan fingerprint density at radius 3 is 2.18 bits per heavy atom. The second-order valence-corrected chi connectivity index (χ2v) is 5.25. The maximum Gasteiger partial charge on any atom is 0.262 e. The highest BCUT2D eigenvalue weighted by molar-refractivity contribution is 6.21. The van der Waals surface area contributed by atoms with E-state index < -0.39 is 5.60 Å². The third-order valence-corrected chi connectivity index (χ3v) is 3.81. The summed E-state index contributed by atoms with van der Waals surface area (Å²) in [4.78, 5) is 30.3. The molecule has 1 aliphatic rings. The number of oxime groups is 1. The van der Waals surface area contributed by atoms with Crippen molar-refractivity contribution in [2.75, 3.05) is 0 Å². The second kappa shape index (κ2) is 5.56. The van der Waals surface area contributed by atoms with E-state index >= 15 is 0 Å². The van der Waals surface area contributed by atoms with Crippen molar-refractivity contribution in [2.24, 2.45) is 5.16 Å². The molecular weight excluding hydrogens is 278 g/mol. The third kappa shape index (κ3) is 2.33. The molecule has 0 saturated heterocycles. The van der Waals surface area contributed by atoms with Gasteiger partial charge >= 0.3 is 0 Å². The monoisotopic (exact) mass is 293 g/mol. The molecule has 22 heavy (non-hydrogen) atoms. The summed E-state index contributed by atoms with van der Waals surface area (Å²) < 4.78 is 0. The summed E-state index contributed by atoms with van der Waals surface area (Å²) in [6.45, 7) is 1.37. The largest absolute Gasteiger partial charge is 0.372 e. The van der Waals surface area contributed by atoms with Crippen molar-refractivity contribution in [3.8, 4) is 0 Å². The van der Waals surface area contributed by atoms with Gasteiger partial charge in [0, 0.05) is 5.56 Å². The van der Waals surface area contributed by atoms with Crippen molar-refractivity contribution in [3.63, 3.8) is 0 Å². The lowest BCUT2D eigenvalue weighted by Crippen LogP contribution is -2.45. The Kier molecular flexibility index (Phi) is 3.59. The molecule has 3 rings (SSSR count). The number of hydrogen-bond acceptors (Lipinski definition) is 4. The molecule has 4 nitrogen and oxygen atoms in total. The van der Waals surface area contributed by atoms with Gasteiger partial charge in [-0.15, -0.1) is 0 Å². The molecule has 0 fully saturated rings. The Morgan fingerprint density at radius 2 is 1.59 bits per heavy atom. The number of Topliss-reactive ketones (excluding diaryl/α,β-unsaturated/α-hetero) is 2. The van der Waals surface area contributed by atoms with E-state index in [1.165, 1.54) is 6.92 Å². The van der Waals surface area contributed by atoms with Crippen LogP contribution in [0.3, 0.4) is 0 Å². The molecule has 110 valence electrons. The lowest BCUT2D eigenvalue weighted by molar-refractivity contribution is -0.133. The predicted octanol–water partition coefficient (Wildman–Crippen LogP) is 3.02. The number of hydrogen-bond donors (Lipinski definition) is 0. The fraction of sp³-hybridized carbons (Fsp3) is 0.167. The predicted molar refractivity (Wildman–Crippen MR) is 82.9 cm³/mol. The van der Waals surface area contributed by atoms with Crippen molar-refractivity contribution < 1.29 is 14.4 Å². The summed E-state index contributed by atoms with van der Waals surface area (Å²) in [5, 5.41) is 4.00. The topological polar surface area (TPSA) is 55.7 Å². The number of carbonyl (C=O) groups excluding carboxylic acids is 2. The van der Waals surface area contributed by atoms with E-state index in [0.29, 0.717) is 11.3 Å².